The maximum Gasteiger partial charge on any atom is 0.433 e. The van der Waals surface area contributed by atoms with Crippen molar-refractivity contribution in [2.75, 3.05) is 6.54 Å². The highest BCUT2D eigenvalue weighted by molar-refractivity contribution is 9.11. The molecule has 1 aliphatic heterocycles. The topological polar surface area (TPSA) is 147 Å². The summed E-state index contributed by atoms with van der Waals surface area (Å²) in [6.07, 6.45) is 3.04. The van der Waals surface area contributed by atoms with Gasteiger partial charge in [-0.3, -0.25) is 24.5 Å². The van der Waals surface area contributed by atoms with Crippen LogP contribution in [0.3, 0.4) is 0 Å². The van der Waals surface area contributed by atoms with E-state index in [-0.39, 0.29) is 31.1 Å². The van der Waals surface area contributed by atoms with Gasteiger partial charge in [0.05, 0.1) is 13.0 Å². The minimum atomic E-state index is -4.44. The van der Waals surface area contributed by atoms with Gasteiger partial charge >= 0.3 is 18.2 Å². The number of amides is 3. The number of imide groups is 1. The lowest BCUT2D eigenvalue weighted by molar-refractivity contribution is -0.155. The first-order chi connectivity index (χ1) is 20.3. The molecule has 0 aromatic carbocycles. The Morgan fingerprint density at radius 1 is 1.12 bits per heavy atom. The summed E-state index contributed by atoms with van der Waals surface area (Å²) in [5.74, 6) is -0.412. The van der Waals surface area contributed by atoms with Crippen molar-refractivity contribution in [2.24, 2.45) is 0 Å². The van der Waals surface area contributed by atoms with Crippen molar-refractivity contribution in [1.29, 1.82) is 0 Å². The maximum absolute atomic E-state index is 12.8. The van der Waals surface area contributed by atoms with E-state index < -0.39 is 35.4 Å². The van der Waals surface area contributed by atoms with Crippen LogP contribution in [0.25, 0.3) is 11.4 Å². The molecule has 0 spiro atoms. The molecule has 3 amide bonds. The van der Waals surface area contributed by atoms with Crippen molar-refractivity contribution >= 4 is 33.8 Å². The number of aromatic nitrogens is 6. The molecule has 0 atom stereocenters. The number of aromatic amines is 1. The largest absolute Gasteiger partial charge is 0.460 e. The number of esters is 1. The molecule has 3 aromatic heterocycles. The zero-order valence-electron chi connectivity index (χ0n) is 23.4. The number of halogens is 4. The molecule has 1 saturated heterocycles. The van der Waals surface area contributed by atoms with Crippen LogP contribution in [0.2, 0.25) is 0 Å². The Morgan fingerprint density at radius 2 is 1.81 bits per heavy atom. The van der Waals surface area contributed by atoms with Gasteiger partial charge in [-0.25, -0.2) is 24.7 Å². The van der Waals surface area contributed by atoms with Gasteiger partial charge in [-0.05, 0) is 45.7 Å². The second kappa shape index (κ2) is 13.0. The Hall–Kier alpha value is -4.21. The predicted molar refractivity (Wildman–Crippen MR) is 149 cm³/mol. The molecule has 2 aliphatic rings. The Kier molecular flexibility index (Phi) is 9.57. The van der Waals surface area contributed by atoms with Crippen LogP contribution < -0.4 is 0 Å². The summed E-state index contributed by atoms with van der Waals surface area (Å²) < 4.78 is 43.5. The Balaban J connectivity index is 0.000000206. The summed E-state index contributed by atoms with van der Waals surface area (Å²) >= 11 is 3.11. The van der Waals surface area contributed by atoms with Crippen molar-refractivity contribution in [1.82, 2.24) is 39.9 Å². The van der Waals surface area contributed by atoms with Crippen LogP contribution in [0.15, 0.2) is 47.9 Å². The van der Waals surface area contributed by atoms with Gasteiger partial charge in [0, 0.05) is 46.7 Å². The number of hydrogen-bond acceptors (Lipinski definition) is 9. The molecule has 4 heterocycles. The summed E-state index contributed by atoms with van der Waals surface area (Å²) in [7, 11) is 0. The van der Waals surface area contributed by atoms with Crippen molar-refractivity contribution in [3.05, 3.63) is 64.8 Å². The van der Waals surface area contributed by atoms with E-state index in [0.29, 0.717) is 22.6 Å². The van der Waals surface area contributed by atoms with E-state index in [9.17, 15) is 27.6 Å². The average Bonchev–Trinajstić information content (AvgIpc) is 3.60. The van der Waals surface area contributed by atoms with Gasteiger partial charge in [0.15, 0.2) is 5.82 Å². The van der Waals surface area contributed by atoms with Gasteiger partial charge in [-0.2, -0.15) is 18.3 Å². The Bertz CT molecular complexity index is 1490. The van der Waals surface area contributed by atoms with Gasteiger partial charge in [-0.1, -0.05) is 15.9 Å². The molecule has 0 bridgehead atoms. The van der Waals surface area contributed by atoms with Crippen molar-refractivity contribution in [2.45, 2.75) is 64.3 Å². The molecule has 3 aromatic rings. The normalized spacial score (nSPS) is 16.4. The maximum atomic E-state index is 12.8. The SMILES string of the molecule is CC(C)(C)OC(=O)CCN1C(=O)N(Cc2cncnc2)C(=O)/C1=C/Br.FC(F)(F)c1cc(-c2ncn[nH]2)cc(C2CC2)n1. The molecule has 0 radical (unpaired) electrons. The third kappa shape index (κ3) is 8.43. The minimum Gasteiger partial charge on any atom is -0.460 e. The van der Waals surface area contributed by atoms with E-state index in [0.717, 1.165) is 23.8 Å². The molecule has 228 valence electrons. The first kappa shape index (κ1) is 31.7. The summed E-state index contributed by atoms with van der Waals surface area (Å²) in [4.78, 5) is 55.9. The fourth-order valence-corrected chi connectivity index (χ4v) is 4.45. The first-order valence-corrected chi connectivity index (χ1v) is 14.0. The first-order valence-electron chi connectivity index (χ1n) is 13.1. The van der Waals surface area contributed by atoms with Crippen LogP contribution in [0.5, 0.6) is 0 Å². The monoisotopic (exact) mass is 664 g/mol. The molecular weight excluding hydrogens is 637 g/mol. The van der Waals surface area contributed by atoms with E-state index >= 15 is 0 Å². The summed E-state index contributed by atoms with van der Waals surface area (Å²) in [6, 6.07) is 2.14. The predicted octanol–water partition coefficient (Wildman–Crippen LogP) is 4.97. The minimum absolute atomic E-state index is 0.0110. The molecule has 1 saturated carbocycles. The number of carbonyl (C=O) groups excluding carboxylic acids is 3. The molecule has 43 heavy (non-hydrogen) atoms. The van der Waals surface area contributed by atoms with Crippen LogP contribution >= 0.6 is 15.9 Å². The number of carbonyl (C=O) groups is 3. The van der Waals surface area contributed by atoms with Crippen LogP contribution in [0.1, 0.15) is 62.9 Å². The molecular formula is C27H28BrF3N8O4. The molecule has 0 unspecified atom stereocenters. The van der Waals surface area contributed by atoms with Gasteiger partial charge in [0.1, 0.15) is 29.6 Å². The standard InChI is InChI=1S/C16H19BrN4O4.C11H9F3N4/c1-16(2,3)25-13(22)4-5-20-12(6-17)14(23)21(15(20)24)9-11-7-18-10-19-8-11;12-11(13,14)9-4-7(10-15-5-16-18-10)3-8(17-9)6-1-2-6/h6-8,10H,4-5,9H2,1-3H3;3-6H,1-2H2,(H,15,16,18)/b12-6-;. The number of alkyl halides is 3. The highest BCUT2D eigenvalue weighted by Gasteiger charge is 2.41. The summed E-state index contributed by atoms with van der Waals surface area (Å²) in [5.41, 5.74) is 0.179. The average molecular weight is 665 g/mol. The number of nitrogens with zero attached hydrogens (tertiary/aromatic N) is 7. The Labute approximate surface area is 252 Å². The zero-order chi connectivity index (χ0) is 31.4. The van der Waals surface area contributed by atoms with Crippen LogP contribution in [0, 0.1) is 0 Å². The second-order valence-corrected chi connectivity index (χ2v) is 11.1. The van der Waals surface area contributed by atoms with Crippen molar-refractivity contribution < 1.29 is 32.3 Å². The van der Waals surface area contributed by atoms with E-state index in [4.69, 9.17) is 4.74 Å². The summed E-state index contributed by atoms with van der Waals surface area (Å²) in [5, 5.41) is 6.21. The van der Waals surface area contributed by atoms with Crippen molar-refractivity contribution in [3.8, 4) is 11.4 Å². The molecule has 1 N–H and O–H groups in total. The van der Waals surface area contributed by atoms with E-state index in [2.05, 4.69) is 46.1 Å². The number of hydrogen-bond donors (Lipinski definition) is 1. The number of urea groups is 1. The lowest BCUT2D eigenvalue weighted by Crippen LogP contribution is -2.34. The fraction of sp³-hybridized carbons (Fsp3) is 0.407. The van der Waals surface area contributed by atoms with Gasteiger partial charge in [0.2, 0.25) is 0 Å². The van der Waals surface area contributed by atoms with Crippen LogP contribution in [-0.4, -0.2) is 70.0 Å². The zero-order valence-corrected chi connectivity index (χ0v) is 25.0. The van der Waals surface area contributed by atoms with E-state index in [1.54, 1.807) is 26.8 Å². The number of ether oxygens (including phenoxy) is 1. The van der Waals surface area contributed by atoms with Gasteiger partial charge < -0.3 is 4.74 Å². The lowest BCUT2D eigenvalue weighted by atomic mass is 10.1. The van der Waals surface area contributed by atoms with Crippen LogP contribution in [0.4, 0.5) is 18.0 Å². The third-order valence-corrected chi connectivity index (χ3v) is 6.49. The quantitative estimate of drug-likeness (QED) is 0.210. The number of pyridine rings is 1. The number of rotatable bonds is 7. The smallest absolute Gasteiger partial charge is 0.433 e. The van der Waals surface area contributed by atoms with E-state index in [1.165, 1.54) is 34.9 Å². The Morgan fingerprint density at radius 3 is 2.37 bits per heavy atom. The van der Waals surface area contributed by atoms with Crippen LogP contribution in [-0.2, 0) is 27.0 Å². The van der Waals surface area contributed by atoms with Gasteiger partial charge in [-0.15, -0.1) is 0 Å². The molecule has 1 aliphatic carbocycles. The second-order valence-electron chi connectivity index (χ2n) is 10.7. The number of H-pyrrole nitrogens is 1. The number of nitrogens with one attached hydrogen (secondary N) is 1. The fourth-order valence-electron chi connectivity index (χ4n) is 4.01. The highest BCUT2D eigenvalue weighted by Crippen LogP contribution is 2.41. The van der Waals surface area contributed by atoms with Crippen molar-refractivity contribution in [3.63, 3.8) is 0 Å². The molecule has 12 nitrogen and oxygen atoms in total. The summed E-state index contributed by atoms with van der Waals surface area (Å²) in [6.45, 7) is 5.42. The van der Waals surface area contributed by atoms with Gasteiger partial charge in [0.25, 0.3) is 5.91 Å². The third-order valence-electron chi connectivity index (χ3n) is 6.05. The highest BCUT2D eigenvalue weighted by atomic mass is 79.9. The molecule has 5 rings (SSSR count). The lowest BCUT2D eigenvalue weighted by Gasteiger charge is -2.21. The molecule has 2 fully saturated rings. The molecule has 16 heteroatoms. The van der Waals surface area contributed by atoms with E-state index in [1.807, 2.05) is 0 Å².